The molecule has 1 saturated carbocycles. The van der Waals surface area contributed by atoms with Crippen LogP contribution in [-0.4, -0.2) is 25.2 Å². The number of nitrogens with one attached hydrogen (secondary N) is 2. The first kappa shape index (κ1) is 15.4. The molecule has 0 spiro atoms. The number of methoxy groups -OCH3 is 1. The van der Waals surface area contributed by atoms with Gasteiger partial charge in [-0.3, -0.25) is 4.79 Å². The number of aryl methyl sites for hydroxylation is 2. The minimum atomic E-state index is -0.293. The number of amides is 2. The molecule has 0 heterocycles. The maximum Gasteiger partial charge on any atom is 0.319 e. The number of rotatable bonds is 5. The van der Waals surface area contributed by atoms with E-state index in [1.807, 2.05) is 32.0 Å². The Morgan fingerprint density at radius 1 is 1.33 bits per heavy atom. The Morgan fingerprint density at radius 2 is 2.05 bits per heavy atom. The second-order valence-corrected chi connectivity index (χ2v) is 5.64. The topological polar surface area (TPSA) is 67.4 Å². The molecule has 0 aromatic heterocycles. The number of hydrogen-bond donors (Lipinski definition) is 2. The van der Waals surface area contributed by atoms with E-state index in [1.165, 1.54) is 7.11 Å². The van der Waals surface area contributed by atoms with Crippen molar-refractivity contribution in [2.75, 3.05) is 12.4 Å². The van der Waals surface area contributed by atoms with Crippen LogP contribution in [0.15, 0.2) is 18.2 Å². The lowest BCUT2D eigenvalue weighted by Gasteiger charge is -2.18. The number of carbonyl (C=O) groups is 2. The minimum Gasteiger partial charge on any atom is -0.469 e. The van der Waals surface area contributed by atoms with Gasteiger partial charge in [-0.2, -0.15) is 0 Å². The molecule has 1 fully saturated rings. The third-order valence-electron chi connectivity index (χ3n) is 3.75. The Labute approximate surface area is 125 Å². The van der Waals surface area contributed by atoms with Crippen LogP contribution in [0.1, 0.15) is 30.4 Å². The monoisotopic (exact) mass is 290 g/mol. The van der Waals surface area contributed by atoms with Crippen molar-refractivity contribution in [2.24, 2.45) is 5.92 Å². The molecule has 0 aliphatic heterocycles. The summed E-state index contributed by atoms with van der Waals surface area (Å²) in [7, 11) is 1.36. The lowest BCUT2D eigenvalue weighted by Crippen LogP contribution is -2.41. The van der Waals surface area contributed by atoms with E-state index < -0.39 is 0 Å². The van der Waals surface area contributed by atoms with Gasteiger partial charge in [0.2, 0.25) is 0 Å². The molecular weight excluding hydrogens is 268 g/mol. The van der Waals surface area contributed by atoms with E-state index in [0.717, 1.165) is 29.7 Å². The van der Waals surface area contributed by atoms with Gasteiger partial charge < -0.3 is 15.4 Å². The molecule has 0 radical (unpaired) electrons. The van der Waals surface area contributed by atoms with Crippen LogP contribution in [0.5, 0.6) is 0 Å². The summed E-state index contributed by atoms with van der Waals surface area (Å²) in [5.41, 5.74) is 2.95. The predicted octanol–water partition coefficient (Wildman–Crippen LogP) is 2.77. The summed E-state index contributed by atoms with van der Waals surface area (Å²) in [6, 6.07) is 5.43. The van der Waals surface area contributed by atoms with Crippen molar-refractivity contribution in [3.8, 4) is 0 Å². The summed E-state index contributed by atoms with van der Waals surface area (Å²) < 4.78 is 4.68. The van der Waals surface area contributed by atoms with Gasteiger partial charge in [0.1, 0.15) is 0 Å². The number of ether oxygens (including phenoxy) is 1. The van der Waals surface area contributed by atoms with Crippen molar-refractivity contribution in [1.29, 1.82) is 0 Å². The van der Waals surface area contributed by atoms with Crippen molar-refractivity contribution < 1.29 is 14.3 Å². The molecule has 0 unspecified atom stereocenters. The maximum atomic E-state index is 12.1. The fourth-order valence-electron chi connectivity index (χ4n) is 2.38. The van der Waals surface area contributed by atoms with Crippen LogP contribution in [0.3, 0.4) is 0 Å². The molecule has 5 heteroatoms. The largest absolute Gasteiger partial charge is 0.469 e. The highest BCUT2D eigenvalue weighted by molar-refractivity contribution is 5.90. The Hall–Kier alpha value is -2.04. The van der Waals surface area contributed by atoms with Crippen molar-refractivity contribution in [2.45, 2.75) is 39.2 Å². The maximum absolute atomic E-state index is 12.1. The minimum absolute atomic E-state index is 0.150. The highest BCUT2D eigenvalue weighted by Crippen LogP contribution is 2.34. The molecule has 2 rings (SSSR count). The second kappa shape index (κ2) is 6.61. The van der Waals surface area contributed by atoms with Crippen LogP contribution in [0, 0.1) is 19.8 Å². The van der Waals surface area contributed by atoms with Gasteiger partial charge in [0.25, 0.3) is 0 Å². The normalized spacial score (nSPS) is 15.2. The first-order chi connectivity index (χ1) is 9.99. The van der Waals surface area contributed by atoms with E-state index in [0.29, 0.717) is 5.92 Å². The van der Waals surface area contributed by atoms with Crippen molar-refractivity contribution in [3.05, 3.63) is 29.3 Å². The second-order valence-electron chi connectivity index (χ2n) is 5.64. The zero-order valence-electron chi connectivity index (χ0n) is 12.7. The Kier molecular flexibility index (Phi) is 4.83. The van der Waals surface area contributed by atoms with E-state index >= 15 is 0 Å². The third-order valence-corrected chi connectivity index (χ3v) is 3.75. The Bertz CT molecular complexity index is 538. The zero-order chi connectivity index (χ0) is 15.4. The van der Waals surface area contributed by atoms with Gasteiger partial charge in [-0.05, 0) is 44.2 Å². The summed E-state index contributed by atoms with van der Waals surface area (Å²) in [6.45, 7) is 3.96. The van der Waals surface area contributed by atoms with Crippen LogP contribution in [0.25, 0.3) is 0 Å². The molecule has 0 saturated heterocycles. The van der Waals surface area contributed by atoms with Crippen molar-refractivity contribution >= 4 is 17.7 Å². The number of anilines is 1. The molecule has 2 N–H and O–H groups in total. The molecule has 1 aliphatic carbocycles. The molecule has 1 atom stereocenters. The van der Waals surface area contributed by atoms with E-state index in [9.17, 15) is 9.59 Å². The summed E-state index contributed by atoms with van der Waals surface area (Å²) in [4.78, 5) is 23.5. The fraction of sp³-hybridized carbons (Fsp3) is 0.500. The molecule has 114 valence electrons. The summed E-state index contributed by atoms with van der Waals surface area (Å²) in [5, 5.41) is 5.72. The Morgan fingerprint density at radius 3 is 2.62 bits per heavy atom. The number of urea groups is 1. The van der Waals surface area contributed by atoms with E-state index in [4.69, 9.17) is 0 Å². The van der Waals surface area contributed by atoms with Gasteiger partial charge in [-0.15, -0.1) is 0 Å². The van der Waals surface area contributed by atoms with Crippen LogP contribution in [0.2, 0.25) is 0 Å². The van der Waals surface area contributed by atoms with Gasteiger partial charge >= 0.3 is 12.0 Å². The number of benzene rings is 1. The molecular formula is C16H22N2O3. The van der Waals surface area contributed by atoms with Crippen molar-refractivity contribution in [3.63, 3.8) is 0 Å². The first-order valence-corrected chi connectivity index (χ1v) is 7.21. The van der Waals surface area contributed by atoms with E-state index in [2.05, 4.69) is 15.4 Å². The van der Waals surface area contributed by atoms with Gasteiger partial charge in [-0.25, -0.2) is 4.79 Å². The first-order valence-electron chi connectivity index (χ1n) is 7.21. The van der Waals surface area contributed by atoms with E-state index in [-0.39, 0.29) is 24.5 Å². The Balaban J connectivity index is 1.94. The lowest BCUT2D eigenvalue weighted by atomic mass is 10.1. The van der Waals surface area contributed by atoms with Crippen LogP contribution in [0.4, 0.5) is 10.5 Å². The molecule has 0 bridgehead atoms. The summed E-state index contributed by atoms with van der Waals surface area (Å²) in [5.74, 6) is 0.0904. The zero-order valence-corrected chi connectivity index (χ0v) is 12.7. The highest BCUT2D eigenvalue weighted by Gasteiger charge is 2.34. The summed E-state index contributed by atoms with van der Waals surface area (Å²) in [6.07, 6.45) is 2.32. The lowest BCUT2D eigenvalue weighted by molar-refractivity contribution is -0.141. The van der Waals surface area contributed by atoms with Gasteiger partial charge in [0, 0.05) is 11.7 Å². The van der Waals surface area contributed by atoms with Crippen LogP contribution < -0.4 is 10.6 Å². The summed E-state index contributed by atoms with van der Waals surface area (Å²) >= 11 is 0. The fourth-order valence-corrected chi connectivity index (χ4v) is 2.38. The molecule has 1 aromatic rings. The van der Waals surface area contributed by atoms with Gasteiger partial charge in [-0.1, -0.05) is 17.7 Å². The third kappa shape index (κ3) is 4.48. The SMILES string of the molecule is COC(=O)C[C@@H](NC(=O)Nc1ccc(C)cc1C)C1CC1. The average Bonchev–Trinajstić information content (AvgIpc) is 3.25. The quantitative estimate of drug-likeness (QED) is 0.819. The number of esters is 1. The van der Waals surface area contributed by atoms with Gasteiger partial charge in [0.15, 0.2) is 0 Å². The molecule has 1 aliphatic rings. The highest BCUT2D eigenvalue weighted by atomic mass is 16.5. The average molecular weight is 290 g/mol. The van der Waals surface area contributed by atoms with Crippen LogP contribution >= 0.6 is 0 Å². The molecule has 2 amide bonds. The van der Waals surface area contributed by atoms with Crippen molar-refractivity contribution in [1.82, 2.24) is 5.32 Å². The number of hydrogen-bond acceptors (Lipinski definition) is 3. The van der Waals surface area contributed by atoms with Crippen LogP contribution in [-0.2, 0) is 9.53 Å². The smallest absolute Gasteiger partial charge is 0.319 e. The van der Waals surface area contributed by atoms with Gasteiger partial charge in [0.05, 0.1) is 13.5 Å². The molecule has 5 nitrogen and oxygen atoms in total. The standard InChI is InChI=1S/C16H22N2O3/c1-10-4-7-13(11(2)8-10)17-16(20)18-14(12-5-6-12)9-15(19)21-3/h4,7-8,12,14H,5-6,9H2,1-3H3,(H2,17,18,20)/t14-/m1/s1. The van der Waals surface area contributed by atoms with E-state index in [1.54, 1.807) is 0 Å². The number of carbonyl (C=O) groups excluding carboxylic acids is 2. The predicted molar refractivity (Wildman–Crippen MR) is 81.2 cm³/mol. The molecule has 21 heavy (non-hydrogen) atoms. The molecule has 1 aromatic carbocycles.